The molecule has 1 saturated carbocycles. The first-order valence-electron chi connectivity index (χ1n) is 8.63. The van der Waals surface area contributed by atoms with Gasteiger partial charge in [0, 0.05) is 12.6 Å². The topological polar surface area (TPSA) is 87.3 Å². The molecule has 3 N–H and O–H groups in total. The molecule has 2 rings (SSSR count). The summed E-state index contributed by atoms with van der Waals surface area (Å²) in [5.41, 5.74) is 0.609. The average Bonchev–Trinajstić information content (AvgIpc) is 2.62. The largest absolute Gasteiger partial charge is 0.349 e. The van der Waals surface area contributed by atoms with Crippen LogP contribution in [0.3, 0.4) is 0 Å². The minimum atomic E-state index is -0.762. The van der Waals surface area contributed by atoms with Crippen LogP contribution in [0.1, 0.15) is 43.0 Å². The van der Waals surface area contributed by atoms with E-state index in [0.29, 0.717) is 23.7 Å². The molecule has 25 heavy (non-hydrogen) atoms. The minimum Gasteiger partial charge on any atom is -0.349 e. The van der Waals surface area contributed by atoms with Crippen LogP contribution >= 0.6 is 0 Å². The smallest absolute Gasteiger partial charge is 0.313 e. The van der Waals surface area contributed by atoms with E-state index >= 15 is 0 Å². The van der Waals surface area contributed by atoms with Gasteiger partial charge in [0.15, 0.2) is 0 Å². The summed E-state index contributed by atoms with van der Waals surface area (Å²) in [5, 5.41) is 8.00. The van der Waals surface area contributed by atoms with Crippen LogP contribution in [0.5, 0.6) is 0 Å². The molecule has 1 fully saturated rings. The Bertz CT molecular complexity index is 657. The zero-order chi connectivity index (χ0) is 18.2. The van der Waals surface area contributed by atoms with E-state index in [1.807, 2.05) is 0 Å². The van der Waals surface area contributed by atoms with Crippen LogP contribution in [0.25, 0.3) is 0 Å². The predicted molar refractivity (Wildman–Crippen MR) is 97.2 cm³/mol. The van der Waals surface area contributed by atoms with Crippen molar-refractivity contribution in [3.63, 3.8) is 0 Å². The number of carbonyl (C=O) groups excluding carboxylic acids is 3. The highest BCUT2D eigenvalue weighted by atomic mass is 16.2. The minimum absolute atomic E-state index is 0.0260. The third-order valence-corrected chi connectivity index (χ3v) is 4.46. The fourth-order valence-corrected chi connectivity index (χ4v) is 2.99. The molecule has 0 radical (unpaired) electrons. The van der Waals surface area contributed by atoms with Gasteiger partial charge in [0.1, 0.15) is 0 Å². The highest BCUT2D eigenvalue weighted by Gasteiger charge is 2.26. The van der Waals surface area contributed by atoms with Crippen molar-refractivity contribution >= 4 is 23.4 Å². The highest BCUT2D eigenvalue weighted by molar-refractivity contribution is 6.40. The van der Waals surface area contributed by atoms with E-state index in [9.17, 15) is 14.4 Å². The summed E-state index contributed by atoms with van der Waals surface area (Å²) in [6.07, 6.45) is 5.73. The number of anilines is 1. The second-order valence-corrected chi connectivity index (χ2v) is 6.34. The fraction of sp³-hybridized carbons (Fsp3) is 0.421. The lowest BCUT2D eigenvalue weighted by Gasteiger charge is -2.29. The third kappa shape index (κ3) is 5.17. The van der Waals surface area contributed by atoms with Crippen LogP contribution in [-0.2, 0) is 9.59 Å². The number of nitrogens with one attached hydrogen (secondary N) is 3. The second kappa shape index (κ2) is 9.01. The van der Waals surface area contributed by atoms with Crippen molar-refractivity contribution in [2.75, 3.05) is 11.9 Å². The van der Waals surface area contributed by atoms with Crippen LogP contribution in [0, 0.1) is 5.92 Å². The zero-order valence-electron chi connectivity index (χ0n) is 14.5. The Morgan fingerprint density at radius 2 is 1.88 bits per heavy atom. The van der Waals surface area contributed by atoms with Gasteiger partial charge in [0.05, 0.1) is 11.3 Å². The molecule has 6 nitrogen and oxygen atoms in total. The Morgan fingerprint density at radius 1 is 1.16 bits per heavy atom. The molecular weight excluding hydrogens is 318 g/mol. The Morgan fingerprint density at radius 3 is 2.60 bits per heavy atom. The van der Waals surface area contributed by atoms with E-state index in [1.165, 1.54) is 0 Å². The molecular formula is C19H25N3O3. The number of para-hydroxylation sites is 1. The standard InChI is InChI=1S/C19H25N3O3/c1-3-12-20-17(23)14-9-5-7-11-16(14)22-19(25)18(24)21-15-10-6-4-8-13(15)2/h3,5,7,9,11,13,15H,1,4,6,8,10,12H2,2H3,(H,20,23)(H,21,24)(H,22,25)/t13-,15-/m1/s1. The summed E-state index contributed by atoms with van der Waals surface area (Å²) < 4.78 is 0. The van der Waals surface area contributed by atoms with E-state index in [1.54, 1.807) is 30.3 Å². The van der Waals surface area contributed by atoms with Gasteiger partial charge in [-0.2, -0.15) is 0 Å². The van der Waals surface area contributed by atoms with Gasteiger partial charge in [-0.05, 0) is 30.9 Å². The highest BCUT2D eigenvalue weighted by Crippen LogP contribution is 2.23. The quantitative estimate of drug-likeness (QED) is 0.566. The molecule has 0 aliphatic heterocycles. The van der Waals surface area contributed by atoms with Crippen molar-refractivity contribution in [2.45, 2.75) is 38.6 Å². The monoisotopic (exact) mass is 343 g/mol. The van der Waals surface area contributed by atoms with E-state index in [0.717, 1.165) is 25.7 Å². The zero-order valence-corrected chi connectivity index (χ0v) is 14.5. The first kappa shape index (κ1) is 18.7. The Labute approximate surface area is 148 Å². The lowest BCUT2D eigenvalue weighted by Crippen LogP contribution is -2.46. The number of rotatable bonds is 5. The van der Waals surface area contributed by atoms with Crippen LogP contribution in [-0.4, -0.2) is 30.3 Å². The molecule has 0 unspecified atom stereocenters. The Kier molecular flexibility index (Phi) is 6.74. The van der Waals surface area contributed by atoms with Crippen molar-refractivity contribution in [2.24, 2.45) is 5.92 Å². The molecule has 1 aromatic rings. The molecule has 1 aliphatic carbocycles. The first-order chi connectivity index (χ1) is 12.0. The number of hydrogen-bond donors (Lipinski definition) is 3. The summed E-state index contributed by atoms with van der Waals surface area (Å²) in [7, 11) is 0. The molecule has 1 aromatic carbocycles. The van der Waals surface area contributed by atoms with Gasteiger partial charge >= 0.3 is 11.8 Å². The maximum absolute atomic E-state index is 12.2. The summed E-state index contributed by atoms with van der Waals surface area (Å²) in [4.78, 5) is 36.5. The molecule has 3 amide bonds. The van der Waals surface area contributed by atoms with Gasteiger partial charge in [-0.25, -0.2) is 0 Å². The van der Waals surface area contributed by atoms with Gasteiger partial charge in [-0.3, -0.25) is 14.4 Å². The van der Waals surface area contributed by atoms with Crippen molar-refractivity contribution in [1.29, 1.82) is 0 Å². The molecule has 1 aliphatic rings. The van der Waals surface area contributed by atoms with E-state index in [-0.39, 0.29) is 11.9 Å². The van der Waals surface area contributed by atoms with Crippen molar-refractivity contribution in [3.8, 4) is 0 Å². The van der Waals surface area contributed by atoms with Gasteiger partial charge in [0.25, 0.3) is 5.91 Å². The Hall–Kier alpha value is -2.63. The van der Waals surface area contributed by atoms with Crippen LogP contribution in [0.15, 0.2) is 36.9 Å². The van der Waals surface area contributed by atoms with Gasteiger partial charge in [-0.1, -0.05) is 38.0 Å². The van der Waals surface area contributed by atoms with E-state index in [4.69, 9.17) is 0 Å². The lowest BCUT2D eigenvalue weighted by molar-refractivity contribution is -0.137. The molecule has 134 valence electrons. The summed E-state index contributed by atoms with van der Waals surface area (Å²) >= 11 is 0. The lowest BCUT2D eigenvalue weighted by atomic mass is 9.86. The first-order valence-corrected chi connectivity index (χ1v) is 8.63. The molecule has 0 aromatic heterocycles. The summed E-state index contributed by atoms with van der Waals surface area (Å²) in [6.45, 7) is 5.95. The number of carbonyl (C=O) groups is 3. The molecule has 0 bridgehead atoms. The molecule has 0 saturated heterocycles. The second-order valence-electron chi connectivity index (χ2n) is 6.34. The van der Waals surface area contributed by atoms with Gasteiger partial charge in [0.2, 0.25) is 0 Å². The number of benzene rings is 1. The average molecular weight is 343 g/mol. The van der Waals surface area contributed by atoms with E-state index < -0.39 is 11.8 Å². The van der Waals surface area contributed by atoms with Crippen molar-refractivity contribution in [1.82, 2.24) is 10.6 Å². The fourth-order valence-electron chi connectivity index (χ4n) is 2.99. The summed E-state index contributed by atoms with van der Waals surface area (Å²) in [6, 6.07) is 6.61. The van der Waals surface area contributed by atoms with E-state index in [2.05, 4.69) is 29.5 Å². The van der Waals surface area contributed by atoms with Crippen molar-refractivity contribution in [3.05, 3.63) is 42.5 Å². The summed E-state index contributed by atoms with van der Waals surface area (Å²) in [5.74, 6) is -1.40. The Balaban J connectivity index is 2.01. The van der Waals surface area contributed by atoms with Gasteiger partial charge < -0.3 is 16.0 Å². The van der Waals surface area contributed by atoms with Crippen LogP contribution in [0.4, 0.5) is 5.69 Å². The molecule has 6 heteroatoms. The number of amides is 3. The van der Waals surface area contributed by atoms with Gasteiger partial charge in [-0.15, -0.1) is 6.58 Å². The maximum Gasteiger partial charge on any atom is 0.313 e. The van der Waals surface area contributed by atoms with Crippen LogP contribution in [0.2, 0.25) is 0 Å². The SMILES string of the molecule is C=CCNC(=O)c1ccccc1NC(=O)C(=O)N[C@@H]1CCCC[C@H]1C. The van der Waals surface area contributed by atoms with Crippen molar-refractivity contribution < 1.29 is 14.4 Å². The third-order valence-electron chi connectivity index (χ3n) is 4.46. The molecule has 2 atom stereocenters. The molecule has 0 spiro atoms. The molecule has 0 heterocycles. The van der Waals surface area contributed by atoms with Crippen LogP contribution < -0.4 is 16.0 Å². The maximum atomic E-state index is 12.2. The number of hydrogen-bond acceptors (Lipinski definition) is 3. The predicted octanol–water partition coefficient (Wildman–Crippen LogP) is 2.24. The normalized spacial score (nSPS) is 19.6.